The van der Waals surface area contributed by atoms with Gasteiger partial charge < -0.3 is 5.32 Å². The molecule has 0 radical (unpaired) electrons. The first kappa shape index (κ1) is 11.4. The highest BCUT2D eigenvalue weighted by atomic mass is 32.2. The Balaban J connectivity index is 2.58. The van der Waals surface area contributed by atoms with Gasteiger partial charge in [-0.05, 0) is 31.2 Å². The highest BCUT2D eigenvalue weighted by Gasteiger charge is 2.03. The molecule has 0 amide bonds. The summed E-state index contributed by atoms with van der Waals surface area (Å²) in [6.07, 6.45) is 6.26. The lowest BCUT2D eigenvalue weighted by molar-refractivity contribution is 0.668. The minimum absolute atomic E-state index is 0.544. The molecule has 0 fully saturated rings. The molecule has 1 N–H and O–H groups in total. The first-order chi connectivity index (χ1) is 6.80. The zero-order valence-corrected chi connectivity index (χ0v) is 9.90. The minimum atomic E-state index is 0.544. The molecule has 0 saturated heterocycles. The summed E-state index contributed by atoms with van der Waals surface area (Å²) in [5, 5.41) is 3.41. The fourth-order valence-corrected chi connectivity index (χ4v) is 1.65. The van der Waals surface area contributed by atoms with E-state index in [9.17, 15) is 0 Å². The van der Waals surface area contributed by atoms with E-state index in [4.69, 9.17) is 0 Å². The quantitative estimate of drug-likeness (QED) is 0.754. The topological polar surface area (TPSA) is 24.9 Å². The molecule has 0 unspecified atom stereocenters. The largest absolute Gasteiger partial charge is 0.367 e. The standard InChI is InChI=1S/C11H18N2S/c1-4-9(5-2)13-11-7-6-10(14-3)8-12-11/h6-9H,4-5H2,1-3H3,(H,12,13). The van der Waals surface area contributed by atoms with Gasteiger partial charge in [0.25, 0.3) is 0 Å². The van der Waals surface area contributed by atoms with Crippen molar-refractivity contribution in [2.75, 3.05) is 11.6 Å². The summed E-state index contributed by atoms with van der Waals surface area (Å²) < 4.78 is 0. The molecule has 0 aromatic carbocycles. The van der Waals surface area contributed by atoms with Crippen LogP contribution in [0, 0.1) is 0 Å². The number of hydrogen-bond acceptors (Lipinski definition) is 3. The Labute approximate surface area is 90.5 Å². The lowest BCUT2D eigenvalue weighted by Gasteiger charge is -2.15. The smallest absolute Gasteiger partial charge is 0.126 e. The Bertz CT molecular complexity index is 254. The molecule has 3 heteroatoms. The molecule has 1 aromatic heterocycles. The van der Waals surface area contributed by atoms with Crippen molar-refractivity contribution in [3.05, 3.63) is 18.3 Å². The Morgan fingerprint density at radius 3 is 2.50 bits per heavy atom. The van der Waals surface area contributed by atoms with Crippen LogP contribution in [0.1, 0.15) is 26.7 Å². The Morgan fingerprint density at radius 2 is 2.07 bits per heavy atom. The van der Waals surface area contributed by atoms with Crippen LogP contribution in [0.5, 0.6) is 0 Å². The van der Waals surface area contributed by atoms with Gasteiger partial charge >= 0.3 is 0 Å². The van der Waals surface area contributed by atoms with E-state index < -0.39 is 0 Å². The third kappa shape index (κ3) is 3.22. The second-order valence-electron chi connectivity index (χ2n) is 3.24. The van der Waals surface area contributed by atoms with Crippen molar-refractivity contribution in [3.8, 4) is 0 Å². The first-order valence-electron chi connectivity index (χ1n) is 5.06. The Hall–Kier alpha value is -0.700. The molecule has 0 aliphatic rings. The molecule has 0 aliphatic carbocycles. The van der Waals surface area contributed by atoms with E-state index in [2.05, 4.69) is 36.5 Å². The molecule has 0 spiro atoms. The molecule has 1 rings (SSSR count). The second-order valence-corrected chi connectivity index (χ2v) is 4.12. The number of nitrogens with zero attached hydrogens (tertiary/aromatic N) is 1. The van der Waals surface area contributed by atoms with Crippen LogP contribution in [0.25, 0.3) is 0 Å². The number of hydrogen-bond donors (Lipinski definition) is 1. The predicted octanol–water partition coefficient (Wildman–Crippen LogP) is 3.40. The van der Waals surface area contributed by atoms with Gasteiger partial charge in [0.2, 0.25) is 0 Å². The van der Waals surface area contributed by atoms with Gasteiger partial charge in [0.05, 0.1) is 0 Å². The third-order valence-electron chi connectivity index (χ3n) is 2.31. The SMILES string of the molecule is CCC(CC)Nc1ccc(SC)cn1. The van der Waals surface area contributed by atoms with E-state index in [-0.39, 0.29) is 0 Å². The molecular weight excluding hydrogens is 192 g/mol. The van der Waals surface area contributed by atoms with Crippen LogP contribution in [-0.4, -0.2) is 17.3 Å². The summed E-state index contributed by atoms with van der Waals surface area (Å²) in [5.74, 6) is 0.983. The fraction of sp³-hybridized carbons (Fsp3) is 0.545. The number of pyridine rings is 1. The number of nitrogens with one attached hydrogen (secondary N) is 1. The van der Waals surface area contributed by atoms with Crippen molar-refractivity contribution >= 4 is 17.6 Å². The molecular formula is C11H18N2S. The van der Waals surface area contributed by atoms with Crippen LogP contribution in [0.3, 0.4) is 0 Å². The first-order valence-corrected chi connectivity index (χ1v) is 6.29. The summed E-state index contributed by atoms with van der Waals surface area (Å²) in [6.45, 7) is 4.38. The Kier molecular flexibility index (Phi) is 4.80. The van der Waals surface area contributed by atoms with Crippen molar-refractivity contribution in [1.82, 2.24) is 4.98 Å². The second kappa shape index (κ2) is 5.91. The Morgan fingerprint density at radius 1 is 1.36 bits per heavy atom. The van der Waals surface area contributed by atoms with Crippen molar-refractivity contribution in [2.24, 2.45) is 0 Å². The molecule has 2 nitrogen and oxygen atoms in total. The lowest BCUT2D eigenvalue weighted by atomic mass is 10.2. The fourth-order valence-electron chi connectivity index (χ4n) is 1.29. The maximum atomic E-state index is 4.35. The average Bonchev–Trinajstić information content (AvgIpc) is 2.26. The summed E-state index contributed by atoms with van der Waals surface area (Å²) in [7, 11) is 0. The van der Waals surface area contributed by atoms with Crippen LogP contribution >= 0.6 is 11.8 Å². The molecule has 0 saturated carbocycles. The van der Waals surface area contributed by atoms with Crippen molar-refractivity contribution in [1.29, 1.82) is 0 Å². The maximum Gasteiger partial charge on any atom is 0.126 e. The van der Waals surface area contributed by atoms with E-state index in [1.165, 1.54) is 4.90 Å². The lowest BCUT2D eigenvalue weighted by Crippen LogP contribution is -2.17. The summed E-state index contributed by atoms with van der Waals surface area (Å²) >= 11 is 1.72. The van der Waals surface area contributed by atoms with Gasteiger partial charge in [-0.3, -0.25) is 0 Å². The van der Waals surface area contributed by atoms with Gasteiger partial charge in [0.15, 0.2) is 0 Å². The van der Waals surface area contributed by atoms with Gasteiger partial charge in [0, 0.05) is 17.1 Å². The number of rotatable bonds is 5. The van der Waals surface area contributed by atoms with Crippen molar-refractivity contribution in [3.63, 3.8) is 0 Å². The number of anilines is 1. The van der Waals surface area contributed by atoms with Gasteiger partial charge in [-0.2, -0.15) is 0 Å². The van der Waals surface area contributed by atoms with Gasteiger partial charge in [-0.25, -0.2) is 4.98 Å². The van der Waals surface area contributed by atoms with E-state index in [1.54, 1.807) is 11.8 Å². The zero-order chi connectivity index (χ0) is 10.4. The van der Waals surface area contributed by atoms with Crippen molar-refractivity contribution in [2.45, 2.75) is 37.6 Å². The monoisotopic (exact) mass is 210 g/mol. The van der Waals surface area contributed by atoms with Gasteiger partial charge in [0.1, 0.15) is 5.82 Å². The number of thioether (sulfide) groups is 1. The summed E-state index contributed by atoms with van der Waals surface area (Å²) in [4.78, 5) is 5.56. The van der Waals surface area contributed by atoms with E-state index in [0.29, 0.717) is 6.04 Å². The molecule has 78 valence electrons. The highest BCUT2D eigenvalue weighted by Crippen LogP contribution is 2.15. The van der Waals surface area contributed by atoms with Crippen LogP contribution in [0.15, 0.2) is 23.2 Å². The molecule has 0 aliphatic heterocycles. The summed E-state index contributed by atoms with van der Waals surface area (Å²) in [6, 6.07) is 4.69. The summed E-state index contributed by atoms with van der Waals surface area (Å²) in [5.41, 5.74) is 0. The molecule has 0 bridgehead atoms. The van der Waals surface area contributed by atoms with Crippen LogP contribution in [-0.2, 0) is 0 Å². The third-order valence-corrected chi connectivity index (χ3v) is 3.02. The predicted molar refractivity (Wildman–Crippen MR) is 64.0 cm³/mol. The van der Waals surface area contributed by atoms with Gasteiger partial charge in [-0.1, -0.05) is 13.8 Å². The molecule has 1 aromatic rings. The minimum Gasteiger partial charge on any atom is -0.367 e. The van der Waals surface area contributed by atoms with Crippen LogP contribution in [0.2, 0.25) is 0 Å². The number of aromatic nitrogens is 1. The van der Waals surface area contributed by atoms with Gasteiger partial charge in [-0.15, -0.1) is 11.8 Å². The normalized spacial score (nSPS) is 10.6. The van der Waals surface area contributed by atoms with E-state index >= 15 is 0 Å². The maximum absolute atomic E-state index is 4.35. The highest BCUT2D eigenvalue weighted by molar-refractivity contribution is 7.98. The molecule has 14 heavy (non-hydrogen) atoms. The van der Waals surface area contributed by atoms with Crippen molar-refractivity contribution < 1.29 is 0 Å². The molecule has 1 heterocycles. The van der Waals surface area contributed by atoms with E-state index in [1.807, 2.05) is 12.3 Å². The zero-order valence-electron chi connectivity index (χ0n) is 9.08. The van der Waals surface area contributed by atoms with E-state index in [0.717, 1.165) is 18.7 Å². The average molecular weight is 210 g/mol. The molecule has 0 atom stereocenters. The van der Waals surface area contributed by atoms with Crippen LogP contribution in [0.4, 0.5) is 5.82 Å². The van der Waals surface area contributed by atoms with Crippen LogP contribution < -0.4 is 5.32 Å².